The van der Waals surface area contributed by atoms with Gasteiger partial charge in [0, 0.05) is 18.6 Å². The third-order valence-corrected chi connectivity index (χ3v) is 5.63. The van der Waals surface area contributed by atoms with E-state index in [1.54, 1.807) is 0 Å². The molecule has 0 spiro atoms. The van der Waals surface area contributed by atoms with Crippen molar-refractivity contribution >= 4 is 0 Å². The van der Waals surface area contributed by atoms with Crippen molar-refractivity contribution in [2.24, 2.45) is 11.3 Å². The molecule has 0 bridgehead atoms. The highest BCUT2D eigenvalue weighted by molar-refractivity contribution is 4.98. The van der Waals surface area contributed by atoms with Crippen molar-refractivity contribution in [1.29, 1.82) is 0 Å². The zero-order chi connectivity index (χ0) is 13.9. The van der Waals surface area contributed by atoms with Crippen molar-refractivity contribution in [3.63, 3.8) is 0 Å². The standard InChI is InChI=1S/C17H34N2/c1-5-8-17(9-10-17)13-19-12-7-16(18-11-6-2)14(3)15(19)4/h14-16,18H,5-13H2,1-4H3. The van der Waals surface area contributed by atoms with Gasteiger partial charge in [-0.15, -0.1) is 0 Å². The molecule has 3 atom stereocenters. The van der Waals surface area contributed by atoms with E-state index < -0.39 is 0 Å². The maximum Gasteiger partial charge on any atom is 0.0120 e. The Labute approximate surface area is 120 Å². The Morgan fingerprint density at radius 1 is 1.16 bits per heavy atom. The quantitative estimate of drug-likeness (QED) is 0.756. The number of nitrogens with one attached hydrogen (secondary N) is 1. The lowest BCUT2D eigenvalue weighted by atomic mass is 9.85. The number of hydrogen-bond acceptors (Lipinski definition) is 2. The minimum atomic E-state index is 0.715. The van der Waals surface area contributed by atoms with Gasteiger partial charge in [-0.1, -0.05) is 27.2 Å². The molecule has 1 saturated carbocycles. The van der Waals surface area contributed by atoms with Crippen molar-refractivity contribution in [3.05, 3.63) is 0 Å². The summed E-state index contributed by atoms with van der Waals surface area (Å²) >= 11 is 0. The van der Waals surface area contributed by atoms with Crippen molar-refractivity contribution in [2.75, 3.05) is 19.6 Å². The van der Waals surface area contributed by atoms with E-state index in [2.05, 4.69) is 37.9 Å². The second-order valence-electron chi connectivity index (χ2n) is 7.17. The van der Waals surface area contributed by atoms with Crippen LogP contribution < -0.4 is 5.32 Å². The molecule has 0 radical (unpaired) electrons. The van der Waals surface area contributed by atoms with Crippen LogP contribution in [0, 0.1) is 11.3 Å². The lowest BCUT2D eigenvalue weighted by Gasteiger charge is -2.44. The Balaban J connectivity index is 1.84. The highest BCUT2D eigenvalue weighted by atomic mass is 15.2. The van der Waals surface area contributed by atoms with Crippen LogP contribution in [0.25, 0.3) is 0 Å². The first kappa shape index (κ1) is 15.3. The van der Waals surface area contributed by atoms with Gasteiger partial charge in [-0.05, 0) is 63.5 Å². The zero-order valence-corrected chi connectivity index (χ0v) is 13.5. The Kier molecular flexibility index (Phi) is 5.30. The predicted molar refractivity (Wildman–Crippen MR) is 83.5 cm³/mol. The third kappa shape index (κ3) is 3.72. The average molecular weight is 266 g/mol. The molecular weight excluding hydrogens is 232 g/mol. The Morgan fingerprint density at radius 3 is 2.47 bits per heavy atom. The van der Waals surface area contributed by atoms with Gasteiger partial charge < -0.3 is 5.32 Å². The van der Waals surface area contributed by atoms with Gasteiger partial charge in [0.1, 0.15) is 0 Å². The maximum atomic E-state index is 3.75. The van der Waals surface area contributed by atoms with Gasteiger partial charge >= 0.3 is 0 Å². The van der Waals surface area contributed by atoms with Crippen molar-refractivity contribution in [2.45, 2.75) is 78.3 Å². The van der Waals surface area contributed by atoms with Crippen LogP contribution in [-0.4, -0.2) is 36.6 Å². The monoisotopic (exact) mass is 266 g/mol. The first-order valence-corrected chi connectivity index (χ1v) is 8.59. The predicted octanol–water partition coefficient (Wildman–Crippen LogP) is 3.67. The highest BCUT2D eigenvalue weighted by Crippen LogP contribution is 2.50. The Morgan fingerprint density at radius 2 is 1.89 bits per heavy atom. The summed E-state index contributed by atoms with van der Waals surface area (Å²) < 4.78 is 0. The molecule has 3 unspecified atom stereocenters. The summed E-state index contributed by atoms with van der Waals surface area (Å²) in [6.45, 7) is 13.4. The molecule has 0 aromatic carbocycles. The molecule has 19 heavy (non-hydrogen) atoms. The highest BCUT2D eigenvalue weighted by Gasteiger charge is 2.45. The van der Waals surface area contributed by atoms with Crippen molar-refractivity contribution in [3.8, 4) is 0 Å². The lowest BCUT2D eigenvalue weighted by Crippen LogP contribution is -2.54. The van der Waals surface area contributed by atoms with Crippen LogP contribution >= 0.6 is 0 Å². The molecule has 2 heteroatoms. The van der Waals surface area contributed by atoms with E-state index in [-0.39, 0.29) is 0 Å². The van der Waals surface area contributed by atoms with E-state index in [0.717, 1.165) is 18.0 Å². The molecule has 2 fully saturated rings. The molecule has 2 rings (SSSR count). The molecule has 1 saturated heterocycles. The van der Waals surface area contributed by atoms with Crippen LogP contribution in [0.15, 0.2) is 0 Å². The summed E-state index contributed by atoms with van der Waals surface area (Å²) in [5, 5.41) is 3.75. The smallest absolute Gasteiger partial charge is 0.0120 e. The van der Waals surface area contributed by atoms with Crippen LogP contribution in [0.2, 0.25) is 0 Å². The van der Waals surface area contributed by atoms with E-state index >= 15 is 0 Å². The molecule has 1 aliphatic heterocycles. The fraction of sp³-hybridized carbons (Fsp3) is 1.00. The normalized spacial score (nSPS) is 34.4. The molecule has 0 aromatic rings. The molecule has 1 aliphatic carbocycles. The van der Waals surface area contributed by atoms with Crippen LogP contribution in [-0.2, 0) is 0 Å². The first-order valence-electron chi connectivity index (χ1n) is 8.59. The summed E-state index contributed by atoms with van der Waals surface area (Å²) in [6, 6.07) is 1.49. The van der Waals surface area contributed by atoms with Gasteiger partial charge in [-0.3, -0.25) is 4.90 Å². The molecule has 0 amide bonds. The summed E-state index contributed by atoms with van der Waals surface area (Å²) in [4.78, 5) is 2.79. The first-order chi connectivity index (χ1) is 9.12. The van der Waals surface area contributed by atoms with Gasteiger partial charge in [0.05, 0.1) is 0 Å². The fourth-order valence-electron chi connectivity index (χ4n) is 3.91. The number of nitrogens with zero attached hydrogens (tertiary/aromatic N) is 1. The minimum absolute atomic E-state index is 0.715. The zero-order valence-electron chi connectivity index (χ0n) is 13.5. The van der Waals surface area contributed by atoms with Gasteiger partial charge in [0.2, 0.25) is 0 Å². The summed E-state index contributed by atoms with van der Waals surface area (Å²) in [6.07, 6.45) is 8.36. The lowest BCUT2D eigenvalue weighted by molar-refractivity contribution is 0.0641. The van der Waals surface area contributed by atoms with Crippen LogP contribution in [0.1, 0.15) is 66.2 Å². The van der Waals surface area contributed by atoms with Gasteiger partial charge in [0.15, 0.2) is 0 Å². The SMILES string of the molecule is CCCNC1CCN(CC2(CCC)CC2)C(C)C1C. The van der Waals surface area contributed by atoms with Crippen molar-refractivity contribution < 1.29 is 0 Å². The average Bonchev–Trinajstić information content (AvgIpc) is 3.15. The molecular formula is C17H34N2. The molecule has 2 nitrogen and oxygen atoms in total. The molecule has 1 N–H and O–H groups in total. The number of likely N-dealkylation sites (tertiary alicyclic amines) is 1. The van der Waals surface area contributed by atoms with E-state index in [1.807, 2.05) is 0 Å². The van der Waals surface area contributed by atoms with Gasteiger partial charge in [0.25, 0.3) is 0 Å². The fourth-order valence-corrected chi connectivity index (χ4v) is 3.91. The summed E-state index contributed by atoms with van der Waals surface area (Å²) in [7, 11) is 0. The Bertz CT molecular complexity index is 272. The van der Waals surface area contributed by atoms with E-state index in [4.69, 9.17) is 0 Å². The van der Waals surface area contributed by atoms with Crippen LogP contribution in [0.5, 0.6) is 0 Å². The molecule has 112 valence electrons. The third-order valence-electron chi connectivity index (χ3n) is 5.63. The molecule has 0 aromatic heterocycles. The number of rotatable bonds is 7. The van der Waals surface area contributed by atoms with Crippen LogP contribution in [0.4, 0.5) is 0 Å². The summed E-state index contributed by atoms with van der Waals surface area (Å²) in [5.41, 5.74) is 0.715. The molecule has 2 aliphatic rings. The van der Waals surface area contributed by atoms with Crippen LogP contribution in [0.3, 0.4) is 0 Å². The topological polar surface area (TPSA) is 15.3 Å². The van der Waals surface area contributed by atoms with E-state index in [9.17, 15) is 0 Å². The largest absolute Gasteiger partial charge is 0.314 e. The van der Waals surface area contributed by atoms with Crippen molar-refractivity contribution in [1.82, 2.24) is 10.2 Å². The van der Waals surface area contributed by atoms with Gasteiger partial charge in [-0.25, -0.2) is 0 Å². The van der Waals surface area contributed by atoms with E-state index in [0.29, 0.717) is 5.41 Å². The second-order valence-corrected chi connectivity index (χ2v) is 7.17. The Hall–Kier alpha value is -0.0800. The molecule has 1 heterocycles. The number of hydrogen-bond donors (Lipinski definition) is 1. The number of piperidine rings is 1. The summed E-state index contributed by atoms with van der Waals surface area (Å²) in [5.74, 6) is 0.790. The van der Waals surface area contributed by atoms with E-state index in [1.165, 1.54) is 58.2 Å². The maximum absolute atomic E-state index is 3.75. The second kappa shape index (κ2) is 6.58. The minimum Gasteiger partial charge on any atom is -0.314 e. The van der Waals surface area contributed by atoms with Gasteiger partial charge in [-0.2, -0.15) is 0 Å².